The predicted octanol–water partition coefficient (Wildman–Crippen LogP) is 2.44. The molecule has 0 N–H and O–H groups in total. The SMILES string of the molecule is Cc1ccc(C(=O)N2CCC(N3CCCOC3=O)CC2)cc1. The van der Waals surface area contributed by atoms with Gasteiger partial charge in [-0.15, -0.1) is 0 Å². The Morgan fingerprint density at radius 1 is 1.14 bits per heavy atom. The molecule has 0 atom stereocenters. The lowest BCUT2D eigenvalue weighted by atomic mass is 10.0. The number of cyclic esters (lactones) is 1. The summed E-state index contributed by atoms with van der Waals surface area (Å²) in [6.45, 7) is 4.70. The highest BCUT2D eigenvalue weighted by Gasteiger charge is 2.32. The van der Waals surface area contributed by atoms with Gasteiger partial charge in [-0.3, -0.25) is 4.79 Å². The fourth-order valence-electron chi connectivity index (χ4n) is 3.16. The zero-order valence-corrected chi connectivity index (χ0v) is 13.0. The highest BCUT2D eigenvalue weighted by Crippen LogP contribution is 2.21. The molecule has 2 fully saturated rings. The molecule has 0 unspecified atom stereocenters. The summed E-state index contributed by atoms with van der Waals surface area (Å²) >= 11 is 0. The third-order valence-electron chi connectivity index (χ3n) is 4.49. The van der Waals surface area contributed by atoms with Crippen molar-refractivity contribution in [3.63, 3.8) is 0 Å². The fraction of sp³-hybridized carbons (Fsp3) is 0.529. The van der Waals surface area contributed by atoms with Gasteiger partial charge < -0.3 is 14.5 Å². The van der Waals surface area contributed by atoms with Crippen LogP contribution < -0.4 is 0 Å². The normalized spacial score (nSPS) is 20.0. The molecule has 22 heavy (non-hydrogen) atoms. The van der Waals surface area contributed by atoms with E-state index < -0.39 is 0 Å². The van der Waals surface area contributed by atoms with Gasteiger partial charge in [0.1, 0.15) is 0 Å². The third-order valence-corrected chi connectivity index (χ3v) is 4.49. The van der Waals surface area contributed by atoms with E-state index in [1.165, 1.54) is 0 Å². The second-order valence-corrected chi connectivity index (χ2v) is 6.05. The van der Waals surface area contributed by atoms with Crippen LogP contribution in [-0.4, -0.2) is 54.1 Å². The second kappa shape index (κ2) is 6.38. The molecule has 1 aromatic carbocycles. The summed E-state index contributed by atoms with van der Waals surface area (Å²) in [7, 11) is 0. The largest absolute Gasteiger partial charge is 0.449 e. The van der Waals surface area contributed by atoms with Crippen LogP contribution in [0, 0.1) is 6.92 Å². The first-order valence-corrected chi connectivity index (χ1v) is 7.94. The molecule has 0 aliphatic carbocycles. The highest BCUT2D eigenvalue weighted by molar-refractivity contribution is 5.94. The maximum atomic E-state index is 12.5. The molecule has 118 valence electrons. The van der Waals surface area contributed by atoms with Crippen LogP contribution in [0.4, 0.5) is 4.79 Å². The molecule has 3 rings (SSSR count). The van der Waals surface area contributed by atoms with Crippen molar-refractivity contribution in [2.75, 3.05) is 26.2 Å². The molecule has 0 saturated carbocycles. The van der Waals surface area contributed by atoms with E-state index >= 15 is 0 Å². The van der Waals surface area contributed by atoms with Gasteiger partial charge in [0.15, 0.2) is 0 Å². The Kier molecular flexibility index (Phi) is 4.32. The number of hydrogen-bond donors (Lipinski definition) is 0. The smallest absolute Gasteiger partial charge is 0.410 e. The van der Waals surface area contributed by atoms with Crippen molar-refractivity contribution < 1.29 is 14.3 Å². The number of amides is 2. The van der Waals surface area contributed by atoms with Crippen molar-refractivity contribution >= 4 is 12.0 Å². The molecule has 2 heterocycles. The lowest BCUT2D eigenvalue weighted by Crippen LogP contribution is -2.50. The van der Waals surface area contributed by atoms with E-state index in [4.69, 9.17) is 4.74 Å². The predicted molar refractivity (Wildman–Crippen MR) is 82.8 cm³/mol. The van der Waals surface area contributed by atoms with E-state index in [0.717, 1.165) is 36.9 Å². The third kappa shape index (κ3) is 3.08. The molecule has 2 amide bonds. The number of benzene rings is 1. The van der Waals surface area contributed by atoms with Crippen LogP contribution in [0.2, 0.25) is 0 Å². The minimum absolute atomic E-state index is 0.0830. The van der Waals surface area contributed by atoms with Crippen LogP contribution in [0.3, 0.4) is 0 Å². The topological polar surface area (TPSA) is 49.9 Å². The van der Waals surface area contributed by atoms with E-state index in [1.807, 2.05) is 41.0 Å². The molecular weight excluding hydrogens is 280 g/mol. The number of aryl methyl sites for hydroxylation is 1. The molecule has 2 saturated heterocycles. The van der Waals surface area contributed by atoms with Gasteiger partial charge in [0.05, 0.1) is 6.61 Å². The fourth-order valence-corrected chi connectivity index (χ4v) is 3.16. The number of nitrogens with zero attached hydrogens (tertiary/aromatic N) is 2. The zero-order valence-electron chi connectivity index (χ0n) is 13.0. The van der Waals surface area contributed by atoms with Crippen LogP contribution in [-0.2, 0) is 4.74 Å². The highest BCUT2D eigenvalue weighted by atomic mass is 16.6. The number of hydrogen-bond acceptors (Lipinski definition) is 3. The van der Waals surface area contributed by atoms with Gasteiger partial charge in [-0.25, -0.2) is 4.79 Å². The number of likely N-dealkylation sites (tertiary alicyclic amines) is 1. The molecule has 2 aliphatic heterocycles. The van der Waals surface area contributed by atoms with E-state index in [0.29, 0.717) is 19.7 Å². The lowest BCUT2D eigenvalue weighted by molar-refractivity contribution is 0.0357. The maximum Gasteiger partial charge on any atom is 0.410 e. The Morgan fingerprint density at radius 2 is 1.82 bits per heavy atom. The number of carbonyl (C=O) groups is 2. The van der Waals surface area contributed by atoms with Crippen molar-refractivity contribution in [2.45, 2.75) is 32.2 Å². The molecule has 2 aliphatic rings. The van der Waals surface area contributed by atoms with Gasteiger partial charge in [0.2, 0.25) is 0 Å². The molecule has 1 aromatic rings. The van der Waals surface area contributed by atoms with E-state index in [2.05, 4.69) is 0 Å². The average molecular weight is 302 g/mol. The number of piperidine rings is 1. The minimum atomic E-state index is -0.199. The Hall–Kier alpha value is -2.04. The van der Waals surface area contributed by atoms with Gasteiger partial charge in [-0.1, -0.05) is 17.7 Å². The van der Waals surface area contributed by atoms with Gasteiger partial charge in [0.25, 0.3) is 5.91 Å². The molecule has 0 spiro atoms. The van der Waals surface area contributed by atoms with Gasteiger partial charge in [-0.05, 0) is 38.3 Å². The summed E-state index contributed by atoms with van der Waals surface area (Å²) in [4.78, 5) is 28.0. The molecule has 0 aromatic heterocycles. The van der Waals surface area contributed by atoms with E-state index in [9.17, 15) is 9.59 Å². The molecule has 5 nitrogen and oxygen atoms in total. The monoisotopic (exact) mass is 302 g/mol. The number of rotatable bonds is 2. The van der Waals surface area contributed by atoms with Crippen molar-refractivity contribution in [1.82, 2.24) is 9.80 Å². The first-order valence-electron chi connectivity index (χ1n) is 7.94. The van der Waals surface area contributed by atoms with Crippen LogP contribution in [0.15, 0.2) is 24.3 Å². The Morgan fingerprint density at radius 3 is 2.45 bits per heavy atom. The summed E-state index contributed by atoms with van der Waals surface area (Å²) in [6, 6.07) is 7.89. The van der Waals surface area contributed by atoms with Crippen molar-refractivity contribution in [1.29, 1.82) is 0 Å². The van der Waals surface area contributed by atoms with E-state index in [1.54, 1.807) is 0 Å². The average Bonchev–Trinajstić information content (AvgIpc) is 2.56. The molecule has 5 heteroatoms. The summed E-state index contributed by atoms with van der Waals surface area (Å²) < 4.78 is 5.10. The van der Waals surface area contributed by atoms with E-state index in [-0.39, 0.29) is 18.0 Å². The summed E-state index contributed by atoms with van der Waals surface area (Å²) in [5.74, 6) is 0.0830. The van der Waals surface area contributed by atoms with Gasteiger partial charge >= 0.3 is 6.09 Å². The van der Waals surface area contributed by atoms with Crippen LogP contribution >= 0.6 is 0 Å². The Balaban J connectivity index is 1.58. The molecule has 0 bridgehead atoms. The van der Waals surface area contributed by atoms with Crippen LogP contribution in [0.25, 0.3) is 0 Å². The lowest BCUT2D eigenvalue weighted by Gasteiger charge is -2.39. The van der Waals surface area contributed by atoms with Gasteiger partial charge in [0, 0.05) is 31.2 Å². The first kappa shape index (κ1) is 14.9. The molecular formula is C17H22N2O3. The first-order chi connectivity index (χ1) is 10.6. The summed E-state index contributed by atoms with van der Waals surface area (Å²) in [5, 5.41) is 0. The molecule has 0 radical (unpaired) electrons. The second-order valence-electron chi connectivity index (χ2n) is 6.05. The summed E-state index contributed by atoms with van der Waals surface area (Å²) in [6.07, 6.45) is 2.35. The maximum absolute atomic E-state index is 12.5. The Bertz CT molecular complexity index is 548. The minimum Gasteiger partial charge on any atom is -0.449 e. The van der Waals surface area contributed by atoms with Gasteiger partial charge in [-0.2, -0.15) is 0 Å². The number of carbonyl (C=O) groups excluding carboxylic acids is 2. The summed E-state index contributed by atoms with van der Waals surface area (Å²) in [5.41, 5.74) is 1.89. The van der Waals surface area contributed by atoms with Crippen molar-refractivity contribution in [2.24, 2.45) is 0 Å². The Labute approximate surface area is 130 Å². The standard InChI is InChI=1S/C17H22N2O3/c1-13-3-5-14(6-4-13)16(20)18-10-7-15(8-11-18)19-9-2-12-22-17(19)21/h3-6,15H,2,7-12H2,1H3. The number of ether oxygens (including phenoxy) is 1. The zero-order chi connectivity index (χ0) is 15.5. The van der Waals surface area contributed by atoms with Crippen molar-refractivity contribution in [3.05, 3.63) is 35.4 Å². The quantitative estimate of drug-likeness (QED) is 0.843. The van der Waals surface area contributed by atoms with Crippen LogP contribution in [0.5, 0.6) is 0 Å². The van der Waals surface area contributed by atoms with Crippen LogP contribution in [0.1, 0.15) is 35.2 Å². The van der Waals surface area contributed by atoms with Crippen molar-refractivity contribution in [3.8, 4) is 0 Å².